The van der Waals surface area contributed by atoms with Crippen LogP contribution in [0, 0.1) is 0 Å². The summed E-state index contributed by atoms with van der Waals surface area (Å²) in [6, 6.07) is 9.63. The standard InChI is InChI=1S/C19H33NO3SSi/c1-18(2,3)24(21)20-14-17(23-25(7,8)19(4,5)6)15-22-16-12-10-9-11-13-16/h9-14,17H,15H2,1-8H3/t17-,24?/m0/s1. The number of para-hydroxylation sites is 1. The zero-order valence-electron chi connectivity index (χ0n) is 16.8. The van der Waals surface area contributed by atoms with Gasteiger partial charge in [0.1, 0.15) is 34.6 Å². The molecule has 0 saturated heterocycles. The van der Waals surface area contributed by atoms with Gasteiger partial charge in [-0.2, -0.15) is 0 Å². The molecular formula is C19H33NO3SSi. The van der Waals surface area contributed by atoms with Crippen molar-refractivity contribution in [1.82, 2.24) is 0 Å². The first-order chi connectivity index (χ1) is 11.3. The van der Waals surface area contributed by atoms with Crippen LogP contribution >= 0.6 is 0 Å². The fourth-order valence-corrected chi connectivity index (χ4v) is 3.44. The lowest BCUT2D eigenvalue weighted by molar-refractivity contribution is 0.166. The van der Waals surface area contributed by atoms with Gasteiger partial charge in [-0.15, -0.1) is 0 Å². The normalized spacial score (nSPS) is 16.0. The third-order valence-electron chi connectivity index (χ3n) is 4.26. The number of hydrogen-bond acceptors (Lipinski definition) is 4. The van der Waals surface area contributed by atoms with Crippen LogP contribution in [0.15, 0.2) is 34.7 Å². The van der Waals surface area contributed by atoms with Crippen LogP contribution in [0.4, 0.5) is 0 Å². The molecule has 1 aromatic carbocycles. The topological polar surface area (TPSA) is 53.9 Å². The molecule has 4 nitrogen and oxygen atoms in total. The maximum atomic E-state index is 12.2. The second-order valence-corrected chi connectivity index (χ2v) is 15.3. The Hall–Kier alpha value is -0.823. The third-order valence-corrected chi connectivity index (χ3v) is 10.1. The minimum absolute atomic E-state index is 0.0784. The van der Waals surface area contributed by atoms with Gasteiger partial charge in [0.25, 0.3) is 0 Å². The molecular weight excluding hydrogens is 350 g/mol. The van der Waals surface area contributed by atoms with Gasteiger partial charge >= 0.3 is 0 Å². The van der Waals surface area contributed by atoms with Crippen molar-refractivity contribution in [2.75, 3.05) is 6.61 Å². The zero-order valence-corrected chi connectivity index (χ0v) is 18.6. The van der Waals surface area contributed by atoms with Crippen molar-refractivity contribution in [3.8, 4) is 5.75 Å². The monoisotopic (exact) mass is 383 g/mol. The van der Waals surface area contributed by atoms with E-state index in [1.165, 1.54) is 0 Å². The highest BCUT2D eigenvalue weighted by atomic mass is 32.2. The lowest BCUT2D eigenvalue weighted by Crippen LogP contribution is -2.46. The minimum atomic E-state index is -1.99. The quantitative estimate of drug-likeness (QED) is 0.379. The summed E-state index contributed by atoms with van der Waals surface area (Å²) in [5.41, 5.74) is 0. The Balaban J connectivity index is 2.88. The van der Waals surface area contributed by atoms with Gasteiger partial charge in [0, 0.05) is 0 Å². The molecule has 0 amide bonds. The van der Waals surface area contributed by atoms with Crippen LogP contribution in [0.5, 0.6) is 5.75 Å². The predicted molar refractivity (Wildman–Crippen MR) is 110 cm³/mol. The molecule has 0 saturated carbocycles. The fourth-order valence-electron chi connectivity index (χ4n) is 1.64. The lowest BCUT2D eigenvalue weighted by Gasteiger charge is -2.38. The third kappa shape index (κ3) is 7.52. The van der Waals surface area contributed by atoms with Crippen LogP contribution < -0.4 is 4.74 Å². The number of nitrogens with zero attached hydrogens (tertiary/aromatic N) is 1. The van der Waals surface area contributed by atoms with E-state index in [1.807, 2.05) is 51.1 Å². The molecule has 0 aliphatic carbocycles. The molecule has 142 valence electrons. The average molecular weight is 384 g/mol. The summed E-state index contributed by atoms with van der Waals surface area (Å²) < 4.78 is 28.4. The molecule has 0 heterocycles. The number of rotatable bonds is 7. The molecule has 2 atom stereocenters. The van der Waals surface area contributed by atoms with Crippen molar-refractivity contribution in [1.29, 1.82) is 0 Å². The highest BCUT2D eigenvalue weighted by Gasteiger charge is 2.39. The molecule has 1 aromatic rings. The van der Waals surface area contributed by atoms with Gasteiger partial charge in [-0.1, -0.05) is 43.4 Å². The van der Waals surface area contributed by atoms with Gasteiger partial charge < -0.3 is 13.7 Å². The summed E-state index contributed by atoms with van der Waals surface area (Å²) in [5.74, 6) is 0.789. The second-order valence-electron chi connectivity index (χ2n) is 8.66. The SMILES string of the molecule is CC(C)(C)[S+]([O-])N=C[C@@H](COc1ccccc1)O[Si](C)(C)C(C)(C)C. The van der Waals surface area contributed by atoms with Crippen molar-refractivity contribution < 1.29 is 13.7 Å². The minimum Gasteiger partial charge on any atom is -0.591 e. The molecule has 0 bridgehead atoms. The summed E-state index contributed by atoms with van der Waals surface area (Å²) in [5, 5.41) is 0.0784. The summed E-state index contributed by atoms with van der Waals surface area (Å²) in [7, 11) is -1.99. The van der Waals surface area contributed by atoms with E-state index in [0.717, 1.165) is 5.75 Å². The Morgan fingerprint density at radius 1 is 1.12 bits per heavy atom. The van der Waals surface area contributed by atoms with Gasteiger partial charge in [-0.3, -0.25) is 0 Å². The fraction of sp³-hybridized carbons (Fsp3) is 0.632. The van der Waals surface area contributed by atoms with E-state index in [9.17, 15) is 4.55 Å². The zero-order chi connectivity index (χ0) is 19.3. The summed E-state index contributed by atoms with van der Waals surface area (Å²) in [6.07, 6.45) is 1.33. The van der Waals surface area contributed by atoms with Crippen LogP contribution in [0.3, 0.4) is 0 Å². The molecule has 1 rings (SSSR count). The van der Waals surface area contributed by atoms with Gasteiger partial charge in [-0.05, 0) is 51.0 Å². The van der Waals surface area contributed by atoms with Gasteiger partial charge in [0.05, 0.1) is 6.21 Å². The number of hydrogen-bond donors (Lipinski definition) is 0. The van der Waals surface area contributed by atoms with Gasteiger partial charge in [-0.25, -0.2) is 0 Å². The molecule has 0 spiro atoms. The molecule has 25 heavy (non-hydrogen) atoms. The van der Waals surface area contributed by atoms with E-state index in [1.54, 1.807) is 6.21 Å². The molecule has 0 aromatic heterocycles. The molecule has 1 unspecified atom stereocenters. The van der Waals surface area contributed by atoms with Crippen LogP contribution in [-0.2, 0) is 15.8 Å². The van der Waals surface area contributed by atoms with E-state index >= 15 is 0 Å². The van der Waals surface area contributed by atoms with E-state index in [2.05, 4.69) is 38.3 Å². The molecule has 0 N–H and O–H groups in total. The van der Waals surface area contributed by atoms with E-state index in [4.69, 9.17) is 9.16 Å². The number of benzene rings is 1. The Morgan fingerprint density at radius 2 is 1.68 bits per heavy atom. The highest BCUT2D eigenvalue weighted by Crippen LogP contribution is 2.37. The summed E-state index contributed by atoms with van der Waals surface area (Å²) in [4.78, 5) is 0. The molecule has 0 aliphatic heterocycles. The molecule has 0 aliphatic rings. The van der Waals surface area contributed by atoms with Crippen molar-refractivity contribution >= 4 is 25.9 Å². The first kappa shape index (κ1) is 22.2. The Morgan fingerprint density at radius 3 is 2.16 bits per heavy atom. The second kappa shape index (κ2) is 8.71. The molecule has 6 heteroatoms. The van der Waals surface area contributed by atoms with Gasteiger partial charge in [0.15, 0.2) is 8.32 Å². The van der Waals surface area contributed by atoms with Crippen molar-refractivity contribution in [2.45, 2.75) is 70.5 Å². The van der Waals surface area contributed by atoms with Crippen LogP contribution in [0.25, 0.3) is 0 Å². The summed E-state index contributed by atoms with van der Waals surface area (Å²) in [6.45, 7) is 17.0. The summed E-state index contributed by atoms with van der Waals surface area (Å²) >= 11 is -1.31. The highest BCUT2D eigenvalue weighted by molar-refractivity contribution is 7.91. The largest absolute Gasteiger partial charge is 0.591 e. The van der Waals surface area contributed by atoms with Crippen molar-refractivity contribution in [2.24, 2.45) is 4.40 Å². The number of ether oxygens (including phenoxy) is 1. The predicted octanol–water partition coefficient (Wildman–Crippen LogP) is 4.99. The van der Waals surface area contributed by atoms with Crippen LogP contribution in [0.1, 0.15) is 41.5 Å². The van der Waals surface area contributed by atoms with E-state index in [0.29, 0.717) is 6.61 Å². The van der Waals surface area contributed by atoms with Gasteiger partial charge in [0.2, 0.25) is 0 Å². The smallest absolute Gasteiger partial charge is 0.193 e. The molecule has 0 radical (unpaired) electrons. The van der Waals surface area contributed by atoms with Crippen LogP contribution in [0.2, 0.25) is 18.1 Å². The van der Waals surface area contributed by atoms with E-state index < -0.39 is 24.4 Å². The van der Waals surface area contributed by atoms with Crippen molar-refractivity contribution in [3.05, 3.63) is 30.3 Å². The lowest BCUT2D eigenvalue weighted by atomic mass is 10.2. The Kier molecular flexibility index (Phi) is 7.74. The van der Waals surface area contributed by atoms with Crippen LogP contribution in [-0.4, -0.2) is 36.5 Å². The Labute approximate surface area is 157 Å². The first-order valence-electron chi connectivity index (χ1n) is 8.65. The van der Waals surface area contributed by atoms with Crippen molar-refractivity contribution in [3.63, 3.8) is 0 Å². The maximum absolute atomic E-state index is 12.2. The average Bonchev–Trinajstić information content (AvgIpc) is 2.48. The maximum Gasteiger partial charge on any atom is 0.193 e. The first-order valence-corrected chi connectivity index (χ1v) is 12.7. The molecule has 0 fully saturated rings. The van der Waals surface area contributed by atoms with E-state index in [-0.39, 0.29) is 11.1 Å². The Bertz CT molecular complexity index is 550.